The predicted octanol–water partition coefficient (Wildman–Crippen LogP) is 6.28. The molecule has 5 atom stereocenters. The number of hydrogen-bond acceptors (Lipinski definition) is 5. The molecule has 3 rings (SSSR count). The summed E-state index contributed by atoms with van der Waals surface area (Å²) in [5, 5.41) is 0. The largest absolute Gasteiger partial charge is 0.462 e. The smallest absolute Gasteiger partial charge is 0.302 e. The lowest BCUT2D eigenvalue weighted by Gasteiger charge is -2.62. The summed E-state index contributed by atoms with van der Waals surface area (Å²) in [6.45, 7) is 15.7. The highest BCUT2D eigenvalue weighted by Gasteiger charge is 2.65. The van der Waals surface area contributed by atoms with E-state index in [-0.39, 0.29) is 51.6 Å². The van der Waals surface area contributed by atoms with Crippen molar-refractivity contribution in [3.05, 3.63) is 47.1 Å². The highest BCUT2D eigenvalue weighted by atomic mass is 16.5. The molecule has 0 heterocycles. The zero-order valence-corrected chi connectivity index (χ0v) is 23.2. The predicted molar refractivity (Wildman–Crippen MR) is 141 cm³/mol. The molecule has 3 saturated carbocycles. The summed E-state index contributed by atoms with van der Waals surface area (Å²) >= 11 is 0. The Hall–Kier alpha value is -2.56. The van der Waals surface area contributed by atoms with E-state index in [9.17, 15) is 19.2 Å². The Kier molecular flexibility index (Phi) is 7.83. The number of Topliss-reactive ketones (excluding diaryl/α,β-unsaturated/α-hetero) is 1. The first-order chi connectivity index (χ1) is 16.6. The molecular formula is C31H42O5. The van der Waals surface area contributed by atoms with Crippen LogP contribution in [0.2, 0.25) is 0 Å². The van der Waals surface area contributed by atoms with Gasteiger partial charge in [-0.25, -0.2) is 0 Å². The monoisotopic (exact) mass is 494 g/mol. The van der Waals surface area contributed by atoms with Gasteiger partial charge >= 0.3 is 5.97 Å². The van der Waals surface area contributed by atoms with Crippen LogP contribution in [0, 0.1) is 28.1 Å². The van der Waals surface area contributed by atoms with Crippen LogP contribution in [0.3, 0.4) is 0 Å². The van der Waals surface area contributed by atoms with Gasteiger partial charge in [0.2, 0.25) is 0 Å². The Labute approximate surface area is 216 Å². The van der Waals surface area contributed by atoms with E-state index >= 15 is 0 Å². The molecule has 0 unspecified atom stereocenters. The van der Waals surface area contributed by atoms with Crippen molar-refractivity contribution in [2.45, 2.75) is 93.6 Å². The maximum absolute atomic E-state index is 13.5. The Morgan fingerprint density at radius 3 is 2.17 bits per heavy atom. The van der Waals surface area contributed by atoms with Gasteiger partial charge in [0.1, 0.15) is 6.10 Å². The third-order valence-electron chi connectivity index (χ3n) is 9.48. The minimum atomic E-state index is -0.220. The van der Waals surface area contributed by atoms with Crippen molar-refractivity contribution < 1.29 is 23.9 Å². The summed E-state index contributed by atoms with van der Waals surface area (Å²) in [6.07, 6.45) is 12.2. The molecule has 0 aromatic heterocycles. The first-order valence-electron chi connectivity index (χ1n) is 13.1. The van der Waals surface area contributed by atoms with Crippen molar-refractivity contribution in [2.75, 3.05) is 0 Å². The first-order valence-corrected chi connectivity index (χ1v) is 13.1. The van der Waals surface area contributed by atoms with E-state index in [0.29, 0.717) is 17.9 Å². The van der Waals surface area contributed by atoms with Gasteiger partial charge in [0.05, 0.1) is 0 Å². The quantitative estimate of drug-likeness (QED) is 0.247. The van der Waals surface area contributed by atoms with Gasteiger partial charge < -0.3 is 4.74 Å². The Bertz CT molecular complexity index is 1080. The van der Waals surface area contributed by atoms with E-state index in [1.54, 1.807) is 13.0 Å². The molecule has 0 aromatic rings. The van der Waals surface area contributed by atoms with Gasteiger partial charge in [-0.2, -0.15) is 0 Å². The Morgan fingerprint density at radius 2 is 1.56 bits per heavy atom. The van der Waals surface area contributed by atoms with Crippen LogP contribution in [0.1, 0.15) is 87.5 Å². The van der Waals surface area contributed by atoms with Crippen LogP contribution < -0.4 is 0 Å². The van der Waals surface area contributed by atoms with E-state index in [1.807, 2.05) is 19.1 Å². The van der Waals surface area contributed by atoms with E-state index in [2.05, 4.69) is 27.7 Å². The summed E-state index contributed by atoms with van der Waals surface area (Å²) in [5.74, 6) is 0.268. The lowest BCUT2D eigenvalue weighted by atomic mass is 9.43. The third-order valence-corrected chi connectivity index (χ3v) is 9.48. The van der Waals surface area contributed by atoms with Gasteiger partial charge in [0, 0.05) is 29.7 Å². The highest BCUT2D eigenvalue weighted by Crippen LogP contribution is 2.69. The van der Waals surface area contributed by atoms with Gasteiger partial charge in [-0.15, -0.1) is 0 Å². The Morgan fingerprint density at radius 1 is 0.889 bits per heavy atom. The van der Waals surface area contributed by atoms with Crippen molar-refractivity contribution in [1.29, 1.82) is 0 Å². The summed E-state index contributed by atoms with van der Waals surface area (Å²) in [5.41, 5.74) is 2.08. The lowest BCUT2D eigenvalue weighted by Crippen LogP contribution is -2.58. The summed E-state index contributed by atoms with van der Waals surface area (Å²) in [6, 6.07) is 0. The van der Waals surface area contributed by atoms with Gasteiger partial charge in [-0.3, -0.25) is 19.2 Å². The Balaban J connectivity index is 1.89. The molecule has 0 saturated heterocycles. The SMILES string of the molecule is CC(=O)C=CC(=O)/C(C)=C/C=C/C(C)=C1\C(=O)C[C@H]2[C@@]3(C)CC[C@H](OC(C)=O)C(C)(C)[C@@H]3CC[C@]12C. The average Bonchev–Trinajstić information content (AvgIpc) is 3.05. The van der Waals surface area contributed by atoms with Crippen LogP contribution in [0.25, 0.3) is 0 Å². The minimum Gasteiger partial charge on any atom is -0.462 e. The zero-order chi connectivity index (χ0) is 27.1. The van der Waals surface area contributed by atoms with Gasteiger partial charge in [-0.05, 0) is 87.0 Å². The molecule has 5 heteroatoms. The number of carbonyl (C=O) groups excluding carboxylic acids is 4. The van der Waals surface area contributed by atoms with Crippen molar-refractivity contribution in [3.8, 4) is 0 Å². The number of allylic oxidation sites excluding steroid dienone is 8. The van der Waals surface area contributed by atoms with Crippen molar-refractivity contribution >= 4 is 23.3 Å². The van der Waals surface area contributed by atoms with Crippen LogP contribution in [0.4, 0.5) is 0 Å². The fourth-order valence-electron chi connectivity index (χ4n) is 7.80. The number of hydrogen-bond donors (Lipinski definition) is 0. The lowest BCUT2D eigenvalue weighted by molar-refractivity contribution is -0.185. The average molecular weight is 495 g/mol. The molecule has 3 fully saturated rings. The maximum atomic E-state index is 13.5. The second-order valence-electron chi connectivity index (χ2n) is 12.2. The molecule has 196 valence electrons. The molecule has 3 aliphatic carbocycles. The summed E-state index contributed by atoms with van der Waals surface area (Å²) in [4.78, 5) is 48.4. The fourth-order valence-corrected chi connectivity index (χ4v) is 7.80. The van der Waals surface area contributed by atoms with E-state index in [4.69, 9.17) is 4.74 Å². The molecule has 0 amide bonds. The van der Waals surface area contributed by atoms with Crippen molar-refractivity contribution in [1.82, 2.24) is 0 Å². The van der Waals surface area contributed by atoms with Gasteiger partial charge in [0.25, 0.3) is 0 Å². The van der Waals surface area contributed by atoms with Crippen molar-refractivity contribution in [3.63, 3.8) is 0 Å². The molecule has 5 nitrogen and oxygen atoms in total. The van der Waals surface area contributed by atoms with E-state index in [1.165, 1.54) is 26.0 Å². The standard InChI is InChI=1S/C31H42O5/c1-19(23(34)13-12-21(3)32)10-9-11-20(2)28-24(35)18-26-30(7)17-15-27(36-22(4)33)29(5,6)25(30)14-16-31(26,28)8/h9-13,25-27H,14-18H2,1-8H3/b11-9+,13-12?,19-10+,28-20+/t25-,26-,27-,30-,31-/m0/s1. The van der Waals surface area contributed by atoms with E-state index in [0.717, 1.165) is 36.8 Å². The van der Waals surface area contributed by atoms with E-state index < -0.39 is 0 Å². The van der Waals surface area contributed by atoms with Gasteiger partial charge in [-0.1, -0.05) is 45.9 Å². The summed E-state index contributed by atoms with van der Waals surface area (Å²) in [7, 11) is 0. The van der Waals surface area contributed by atoms with Crippen LogP contribution >= 0.6 is 0 Å². The number of carbonyl (C=O) groups is 4. The molecule has 36 heavy (non-hydrogen) atoms. The molecule has 3 aliphatic rings. The zero-order valence-electron chi connectivity index (χ0n) is 23.2. The number of ether oxygens (including phenoxy) is 1. The molecule has 0 bridgehead atoms. The highest BCUT2D eigenvalue weighted by molar-refractivity contribution is 6.07. The topological polar surface area (TPSA) is 77.5 Å². The van der Waals surface area contributed by atoms with Crippen LogP contribution in [-0.4, -0.2) is 29.4 Å². The first kappa shape index (κ1) is 28.0. The number of fused-ring (bicyclic) bond motifs is 3. The molecule has 0 aromatic carbocycles. The van der Waals surface area contributed by atoms with Crippen molar-refractivity contribution in [2.24, 2.45) is 28.1 Å². The second kappa shape index (κ2) is 10.1. The van der Waals surface area contributed by atoms with Crippen LogP contribution in [0.15, 0.2) is 47.1 Å². The van der Waals surface area contributed by atoms with Crippen LogP contribution in [-0.2, 0) is 23.9 Å². The molecular weight excluding hydrogens is 452 g/mol. The van der Waals surface area contributed by atoms with Gasteiger partial charge in [0.15, 0.2) is 17.3 Å². The number of esters is 1. The maximum Gasteiger partial charge on any atom is 0.302 e. The number of rotatable bonds is 6. The second-order valence-corrected chi connectivity index (χ2v) is 12.2. The van der Waals surface area contributed by atoms with Crippen LogP contribution in [0.5, 0.6) is 0 Å². The number of ketones is 3. The minimum absolute atomic E-state index is 0.000506. The molecule has 0 radical (unpaired) electrons. The normalized spacial score (nSPS) is 35.5. The molecule has 0 aliphatic heterocycles. The summed E-state index contributed by atoms with van der Waals surface area (Å²) < 4.78 is 5.75. The third kappa shape index (κ3) is 4.99. The molecule has 0 spiro atoms. The fraction of sp³-hybridized carbons (Fsp3) is 0.613. The molecule has 0 N–H and O–H groups in total.